The van der Waals surface area contributed by atoms with Gasteiger partial charge in [0.1, 0.15) is 0 Å². The number of rotatable bonds is 3. The van der Waals surface area contributed by atoms with E-state index >= 15 is 0 Å². The summed E-state index contributed by atoms with van der Waals surface area (Å²) >= 11 is 0. The van der Waals surface area contributed by atoms with Crippen molar-refractivity contribution < 1.29 is 9.84 Å². The van der Waals surface area contributed by atoms with Crippen LogP contribution in [0.4, 0.5) is 0 Å². The fraction of sp³-hybridized carbons (Fsp3) is 0.688. The number of pyridine rings is 1. The van der Waals surface area contributed by atoms with E-state index in [4.69, 9.17) is 4.74 Å². The number of hydrogen-bond donors (Lipinski definition) is 1. The lowest BCUT2D eigenvalue weighted by molar-refractivity contribution is -0.0224. The second-order valence-corrected chi connectivity index (χ2v) is 6.10. The van der Waals surface area contributed by atoms with Crippen molar-refractivity contribution in [2.45, 2.75) is 50.2 Å². The Morgan fingerprint density at radius 1 is 1.25 bits per heavy atom. The van der Waals surface area contributed by atoms with Crippen LogP contribution in [-0.4, -0.2) is 41.2 Å². The first-order chi connectivity index (χ1) is 9.71. The highest BCUT2D eigenvalue weighted by Crippen LogP contribution is 2.39. The van der Waals surface area contributed by atoms with Gasteiger partial charge in [-0.25, -0.2) is 4.98 Å². The van der Waals surface area contributed by atoms with Crippen LogP contribution in [-0.2, 0) is 5.60 Å². The maximum Gasteiger partial charge on any atom is 0.212 e. The first-order valence-electron chi connectivity index (χ1n) is 7.68. The number of aliphatic hydroxyl groups is 1. The molecule has 1 aliphatic heterocycles. The van der Waals surface area contributed by atoms with Gasteiger partial charge in [-0.15, -0.1) is 0 Å². The topological polar surface area (TPSA) is 45.6 Å². The van der Waals surface area contributed by atoms with Crippen LogP contribution in [0.15, 0.2) is 18.3 Å². The van der Waals surface area contributed by atoms with E-state index in [1.54, 1.807) is 13.3 Å². The average Bonchev–Trinajstić information content (AvgIpc) is 3.02. The van der Waals surface area contributed by atoms with Crippen LogP contribution in [0.1, 0.15) is 44.1 Å². The maximum atomic E-state index is 10.9. The van der Waals surface area contributed by atoms with Crippen LogP contribution < -0.4 is 4.74 Å². The molecule has 2 heterocycles. The highest BCUT2D eigenvalue weighted by Gasteiger charge is 2.37. The van der Waals surface area contributed by atoms with Crippen LogP contribution in [0.3, 0.4) is 0 Å². The molecule has 0 amide bonds. The van der Waals surface area contributed by atoms with Crippen LogP contribution in [0.5, 0.6) is 5.88 Å². The smallest absolute Gasteiger partial charge is 0.212 e. The van der Waals surface area contributed by atoms with Crippen molar-refractivity contribution >= 4 is 0 Å². The Hall–Kier alpha value is -1.13. The van der Waals surface area contributed by atoms with Crippen LogP contribution in [0.2, 0.25) is 0 Å². The summed E-state index contributed by atoms with van der Waals surface area (Å²) in [5.41, 5.74) is 0.230. The predicted octanol–water partition coefficient (Wildman–Crippen LogP) is 2.32. The number of hydrogen-bond acceptors (Lipinski definition) is 4. The van der Waals surface area contributed by atoms with Gasteiger partial charge in [-0.3, -0.25) is 0 Å². The van der Waals surface area contributed by atoms with Crippen molar-refractivity contribution in [2.24, 2.45) is 0 Å². The summed E-state index contributed by atoms with van der Waals surface area (Å²) in [4.78, 5) is 6.82. The van der Waals surface area contributed by atoms with E-state index in [1.807, 2.05) is 12.1 Å². The molecule has 3 rings (SSSR count). The number of aromatic nitrogens is 1. The summed E-state index contributed by atoms with van der Waals surface area (Å²) in [6.07, 6.45) is 8.27. The van der Waals surface area contributed by atoms with Crippen LogP contribution >= 0.6 is 0 Å². The minimum absolute atomic E-state index is 0.600. The van der Waals surface area contributed by atoms with E-state index in [2.05, 4.69) is 9.88 Å². The van der Waals surface area contributed by atoms with Crippen molar-refractivity contribution in [3.05, 3.63) is 23.9 Å². The molecule has 2 aliphatic rings. The number of likely N-dealkylation sites (tertiary alicyclic amines) is 1. The van der Waals surface area contributed by atoms with Gasteiger partial charge in [0.15, 0.2) is 0 Å². The molecule has 1 aromatic heterocycles. The Morgan fingerprint density at radius 2 is 1.95 bits per heavy atom. The van der Waals surface area contributed by atoms with Gasteiger partial charge in [0.2, 0.25) is 5.88 Å². The fourth-order valence-electron chi connectivity index (χ4n) is 3.62. The van der Waals surface area contributed by atoms with Gasteiger partial charge in [-0.2, -0.15) is 0 Å². The number of ether oxygens (including phenoxy) is 1. The third-order valence-electron chi connectivity index (χ3n) is 4.92. The van der Waals surface area contributed by atoms with E-state index in [9.17, 15) is 5.11 Å². The van der Waals surface area contributed by atoms with Gasteiger partial charge in [0.05, 0.1) is 12.7 Å². The first kappa shape index (κ1) is 13.8. The Balaban J connectivity index is 1.65. The van der Waals surface area contributed by atoms with Gasteiger partial charge < -0.3 is 14.7 Å². The average molecular weight is 276 g/mol. The van der Waals surface area contributed by atoms with Crippen LogP contribution in [0, 0.1) is 0 Å². The minimum atomic E-state index is -0.699. The highest BCUT2D eigenvalue weighted by molar-refractivity contribution is 5.24. The molecule has 110 valence electrons. The quantitative estimate of drug-likeness (QED) is 0.920. The molecule has 1 N–H and O–H groups in total. The molecule has 1 saturated heterocycles. The van der Waals surface area contributed by atoms with E-state index < -0.39 is 5.60 Å². The number of nitrogens with zero attached hydrogens (tertiary/aromatic N) is 2. The molecular weight excluding hydrogens is 252 g/mol. The lowest BCUT2D eigenvalue weighted by atomic mass is 9.78. The van der Waals surface area contributed by atoms with Crippen molar-refractivity contribution in [3.63, 3.8) is 0 Å². The molecule has 2 fully saturated rings. The van der Waals surface area contributed by atoms with Crippen LogP contribution in [0.25, 0.3) is 0 Å². The second kappa shape index (κ2) is 5.70. The largest absolute Gasteiger partial charge is 0.481 e. The molecule has 20 heavy (non-hydrogen) atoms. The summed E-state index contributed by atoms with van der Waals surface area (Å²) < 4.78 is 5.07. The van der Waals surface area contributed by atoms with Crippen molar-refractivity contribution in [2.75, 3.05) is 20.2 Å². The minimum Gasteiger partial charge on any atom is -0.481 e. The predicted molar refractivity (Wildman–Crippen MR) is 77.7 cm³/mol. The molecule has 0 spiro atoms. The standard InChI is InChI=1S/C16H24N2O2/c1-20-15-5-4-13(12-17-15)16(19)8-6-14(7-9-16)18-10-2-3-11-18/h4-5,12,14,19H,2-3,6-11H2,1H3. The molecule has 1 aliphatic carbocycles. The summed E-state index contributed by atoms with van der Waals surface area (Å²) in [7, 11) is 1.61. The zero-order valence-electron chi connectivity index (χ0n) is 12.2. The Bertz CT molecular complexity index is 432. The number of methoxy groups -OCH3 is 1. The van der Waals surface area contributed by atoms with Gasteiger partial charge in [-0.1, -0.05) is 0 Å². The maximum absolute atomic E-state index is 10.9. The van der Waals surface area contributed by atoms with E-state index in [1.165, 1.54) is 25.9 Å². The third-order valence-corrected chi connectivity index (χ3v) is 4.92. The Kier molecular flexibility index (Phi) is 3.94. The molecule has 0 unspecified atom stereocenters. The normalized spacial score (nSPS) is 31.4. The summed E-state index contributed by atoms with van der Waals surface area (Å²) in [5, 5.41) is 10.9. The molecule has 0 bridgehead atoms. The zero-order valence-corrected chi connectivity index (χ0v) is 12.2. The molecule has 4 nitrogen and oxygen atoms in total. The summed E-state index contributed by atoms with van der Waals surface area (Å²) in [6, 6.07) is 4.45. The fourth-order valence-corrected chi connectivity index (χ4v) is 3.62. The lowest BCUT2D eigenvalue weighted by Crippen LogP contribution is -2.41. The summed E-state index contributed by atoms with van der Waals surface area (Å²) in [5.74, 6) is 0.600. The third kappa shape index (κ3) is 2.67. The van der Waals surface area contributed by atoms with Crippen molar-refractivity contribution in [1.29, 1.82) is 0 Å². The van der Waals surface area contributed by atoms with Crippen molar-refractivity contribution in [3.8, 4) is 5.88 Å². The molecule has 0 radical (unpaired) electrons. The molecular formula is C16H24N2O2. The van der Waals surface area contributed by atoms with Gasteiger partial charge in [0.25, 0.3) is 0 Å². The SMILES string of the molecule is COc1ccc(C2(O)CCC(N3CCCC3)CC2)cn1. The van der Waals surface area contributed by atoms with Gasteiger partial charge in [-0.05, 0) is 57.7 Å². The Morgan fingerprint density at radius 3 is 2.50 bits per heavy atom. The Labute approximate surface area is 120 Å². The molecule has 0 aromatic carbocycles. The molecule has 4 heteroatoms. The lowest BCUT2D eigenvalue weighted by Gasteiger charge is -2.39. The van der Waals surface area contributed by atoms with Crippen molar-refractivity contribution in [1.82, 2.24) is 9.88 Å². The monoisotopic (exact) mass is 276 g/mol. The highest BCUT2D eigenvalue weighted by atomic mass is 16.5. The van der Waals surface area contributed by atoms with Gasteiger partial charge in [0, 0.05) is 23.9 Å². The van der Waals surface area contributed by atoms with E-state index in [0.29, 0.717) is 11.9 Å². The second-order valence-electron chi connectivity index (χ2n) is 6.10. The molecule has 1 saturated carbocycles. The van der Waals surface area contributed by atoms with E-state index in [0.717, 1.165) is 31.2 Å². The zero-order chi connectivity index (χ0) is 14.0. The van der Waals surface area contributed by atoms with Gasteiger partial charge >= 0.3 is 0 Å². The molecule has 1 aromatic rings. The molecule has 0 atom stereocenters. The first-order valence-corrected chi connectivity index (χ1v) is 7.68. The van der Waals surface area contributed by atoms with E-state index in [-0.39, 0.29) is 0 Å². The summed E-state index contributed by atoms with van der Waals surface area (Å²) in [6.45, 7) is 2.49.